The molecule has 0 aromatic heterocycles. The van der Waals surface area contributed by atoms with E-state index in [1.807, 2.05) is 6.92 Å². The van der Waals surface area contributed by atoms with Gasteiger partial charge in [-0.2, -0.15) is 0 Å². The maximum Gasteiger partial charge on any atom is 0.193 e. The summed E-state index contributed by atoms with van der Waals surface area (Å²) in [4.78, 5) is 0. The molecule has 6 nitrogen and oxygen atoms in total. The van der Waals surface area contributed by atoms with Gasteiger partial charge in [-0.15, -0.1) is 0 Å². The first-order valence-corrected chi connectivity index (χ1v) is 8.89. The Balaban J connectivity index is 1.84. The smallest absolute Gasteiger partial charge is 0.193 e. The summed E-state index contributed by atoms with van der Waals surface area (Å²) < 4.78 is 17.5. The molecule has 23 heavy (non-hydrogen) atoms. The number of aliphatic hydroxyl groups excluding tert-OH is 1. The van der Waals surface area contributed by atoms with Crippen molar-refractivity contribution in [3.63, 3.8) is 0 Å². The van der Waals surface area contributed by atoms with Crippen molar-refractivity contribution >= 4 is 0 Å². The molecular weight excluding hydrogens is 300 g/mol. The Labute approximate surface area is 137 Å². The minimum atomic E-state index is -1.29. The van der Waals surface area contributed by atoms with E-state index in [-0.39, 0.29) is 24.4 Å². The van der Waals surface area contributed by atoms with Crippen LogP contribution in [0, 0.1) is 17.8 Å². The fourth-order valence-electron chi connectivity index (χ4n) is 4.63. The molecule has 3 fully saturated rings. The third-order valence-electron chi connectivity index (χ3n) is 5.92. The summed E-state index contributed by atoms with van der Waals surface area (Å²) in [5.41, 5.74) is -1.06. The van der Waals surface area contributed by atoms with Gasteiger partial charge in [0.1, 0.15) is 5.60 Å². The third kappa shape index (κ3) is 3.17. The Kier molecular flexibility index (Phi) is 5.03. The van der Waals surface area contributed by atoms with Crippen molar-refractivity contribution in [2.24, 2.45) is 17.8 Å². The van der Waals surface area contributed by atoms with Crippen molar-refractivity contribution in [1.82, 2.24) is 0 Å². The number of ether oxygens (including phenoxy) is 3. The van der Waals surface area contributed by atoms with Crippen molar-refractivity contribution in [2.45, 2.75) is 76.3 Å². The zero-order chi connectivity index (χ0) is 16.7. The molecule has 0 radical (unpaired) electrons. The van der Waals surface area contributed by atoms with Gasteiger partial charge in [0.25, 0.3) is 0 Å². The first kappa shape index (κ1) is 17.6. The largest absolute Gasteiger partial charge is 0.396 e. The molecule has 134 valence electrons. The van der Waals surface area contributed by atoms with Crippen LogP contribution in [0.4, 0.5) is 0 Å². The minimum Gasteiger partial charge on any atom is -0.396 e. The maximum absolute atomic E-state index is 11.5. The van der Waals surface area contributed by atoms with Crippen LogP contribution in [-0.2, 0) is 14.2 Å². The van der Waals surface area contributed by atoms with Gasteiger partial charge >= 0.3 is 0 Å². The van der Waals surface area contributed by atoms with Crippen molar-refractivity contribution in [3.8, 4) is 0 Å². The predicted octanol–water partition coefficient (Wildman–Crippen LogP) is 1.37. The van der Waals surface area contributed by atoms with E-state index in [9.17, 15) is 10.2 Å². The van der Waals surface area contributed by atoms with Gasteiger partial charge in [-0.05, 0) is 38.5 Å². The SMILES string of the molecule is CC1C(OCCCO)OC2OC(C)(O)CCC3CCCC1C32O. The second kappa shape index (κ2) is 6.58. The first-order valence-electron chi connectivity index (χ1n) is 8.89. The molecule has 7 atom stereocenters. The van der Waals surface area contributed by atoms with Gasteiger partial charge in [-0.1, -0.05) is 13.3 Å². The summed E-state index contributed by atoms with van der Waals surface area (Å²) in [7, 11) is 0. The van der Waals surface area contributed by atoms with Crippen LogP contribution in [0.1, 0.15) is 52.4 Å². The molecular formula is C17H30O6. The molecule has 0 amide bonds. The quantitative estimate of drug-likeness (QED) is 0.675. The highest BCUT2D eigenvalue weighted by molar-refractivity contribution is 5.05. The van der Waals surface area contributed by atoms with Gasteiger partial charge in [0.05, 0.1) is 6.61 Å². The van der Waals surface area contributed by atoms with Gasteiger partial charge < -0.3 is 29.5 Å². The Morgan fingerprint density at radius 1 is 1.22 bits per heavy atom. The molecule has 0 bridgehead atoms. The van der Waals surface area contributed by atoms with Crippen LogP contribution >= 0.6 is 0 Å². The fraction of sp³-hybridized carbons (Fsp3) is 1.00. The second-order valence-corrected chi connectivity index (χ2v) is 7.60. The molecule has 6 heteroatoms. The standard InChI is InChI=1S/C17H30O6/c1-11-13-6-3-5-12-7-8-16(2,19)23-15(17(12,13)20)22-14(11)21-10-4-9-18/h11-15,18-20H,3-10H2,1-2H3. The summed E-state index contributed by atoms with van der Waals surface area (Å²) in [6, 6.07) is 0. The van der Waals surface area contributed by atoms with Gasteiger partial charge in [-0.25, -0.2) is 0 Å². The van der Waals surface area contributed by atoms with E-state index in [1.54, 1.807) is 6.92 Å². The molecule has 3 N–H and O–H groups in total. The summed E-state index contributed by atoms with van der Waals surface area (Å²) >= 11 is 0. The summed E-state index contributed by atoms with van der Waals surface area (Å²) in [5, 5.41) is 30.8. The molecule has 3 rings (SSSR count). The average Bonchev–Trinajstić information content (AvgIpc) is 2.59. The molecule has 0 aromatic carbocycles. The molecule has 0 aromatic rings. The van der Waals surface area contributed by atoms with E-state index in [0.29, 0.717) is 19.4 Å². The monoisotopic (exact) mass is 330 g/mol. The van der Waals surface area contributed by atoms with Gasteiger partial charge in [0.2, 0.25) is 0 Å². The van der Waals surface area contributed by atoms with Crippen molar-refractivity contribution in [2.75, 3.05) is 13.2 Å². The number of rotatable bonds is 4. The van der Waals surface area contributed by atoms with E-state index >= 15 is 0 Å². The Morgan fingerprint density at radius 3 is 2.74 bits per heavy atom. The minimum absolute atomic E-state index is 0.0352. The molecule has 2 aliphatic heterocycles. The van der Waals surface area contributed by atoms with Crippen molar-refractivity contribution < 1.29 is 29.5 Å². The number of hydrogen-bond donors (Lipinski definition) is 3. The zero-order valence-corrected chi connectivity index (χ0v) is 14.1. The van der Waals surface area contributed by atoms with Gasteiger partial charge in [0, 0.05) is 24.9 Å². The Hall–Kier alpha value is -0.240. The molecule has 2 heterocycles. The van der Waals surface area contributed by atoms with Crippen LogP contribution in [0.25, 0.3) is 0 Å². The number of aliphatic hydroxyl groups is 3. The van der Waals surface area contributed by atoms with E-state index in [0.717, 1.165) is 25.7 Å². The summed E-state index contributed by atoms with van der Waals surface area (Å²) in [6.45, 7) is 4.16. The zero-order valence-electron chi connectivity index (χ0n) is 14.1. The third-order valence-corrected chi connectivity index (χ3v) is 5.92. The van der Waals surface area contributed by atoms with E-state index < -0.39 is 24.0 Å². The van der Waals surface area contributed by atoms with Crippen LogP contribution in [0.3, 0.4) is 0 Å². The van der Waals surface area contributed by atoms with Crippen LogP contribution in [0.5, 0.6) is 0 Å². The van der Waals surface area contributed by atoms with Gasteiger partial charge in [-0.3, -0.25) is 0 Å². The first-order chi connectivity index (χ1) is 10.9. The topological polar surface area (TPSA) is 88.4 Å². The van der Waals surface area contributed by atoms with E-state index in [1.165, 1.54) is 0 Å². The predicted molar refractivity (Wildman–Crippen MR) is 82.2 cm³/mol. The summed E-state index contributed by atoms with van der Waals surface area (Å²) in [5.74, 6) is -1.13. The van der Waals surface area contributed by atoms with Crippen LogP contribution < -0.4 is 0 Å². The van der Waals surface area contributed by atoms with Crippen molar-refractivity contribution in [3.05, 3.63) is 0 Å². The molecule has 0 spiro atoms. The maximum atomic E-state index is 11.5. The normalized spacial score (nSPS) is 50.2. The van der Waals surface area contributed by atoms with Gasteiger partial charge in [0.15, 0.2) is 18.4 Å². The fourth-order valence-corrected chi connectivity index (χ4v) is 4.63. The molecule has 1 saturated carbocycles. The highest BCUT2D eigenvalue weighted by atomic mass is 16.8. The lowest BCUT2D eigenvalue weighted by Crippen LogP contribution is -2.65. The Bertz CT molecular complexity index is 414. The Morgan fingerprint density at radius 2 is 2.00 bits per heavy atom. The van der Waals surface area contributed by atoms with Crippen LogP contribution in [-0.4, -0.2) is 52.5 Å². The molecule has 7 unspecified atom stereocenters. The van der Waals surface area contributed by atoms with E-state index in [2.05, 4.69) is 0 Å². The highest BCUT2D eigenvalue weighted by Gasteiger charge is 2.62. The van der Waals surface area contributed by atoms with Crippen LogP contribution in [0.2, 0.25) is 0 Å². The van der Waals surface area contributed by atoms with E-state index in [4.69, 9.17) is 19.3 Å². The summed E-state index contributed by atoms with van der Waals surface area (Å²) in [6.07, 6.45) is 3.36. The lowest BCUT2D eigenvalue weighted by molar-refractivity contribution is -0.406. The lowest BCUT2D eigenvalue weighted by atomic mass is 9.61. The highest BCUT2D eigenvalue weighted by Crippen LogP contribution is 2.54. The number of hydrogen-bond acceptors (Lipinski definition) is 6. The molecule has 1 aliphatic carbocycles. The lowest BCUT2D eigenvalue weighted by Gasteiger charge is -2.55. The van der Waals surface area contributed by atoms with Crippen LogP contribution in [0.15, 0.2) is 0 Å². The second-order valence-electron chi connectivity index (χ2n) is 7.60. The average molecular weight is 330 g/mol. The van der Waals surface area contributed by atoms with Crippen molar-refractivity contribution in [1.29, 1.82) is 0 Å². The molecule has 3 aliphatic rings. The molecule has 2 saturated heterocycles.